The molecule has 6 heteroatoms. The number of benzene rings is 1. The smallest absolute Gasteiger partial charge is 0.260 e. The van der Waals surface area contributed by atoms with Crippen LogP contribution in [0.1, 0.15) is 22.3 Å². The van der Waals surface area contributed by atoms with Gasteiger partial charge in [0.15, 0.2) is 0 Å². The minimum absolute atomic E-state index is 0.0161. The molecule has 0 bridgehead atoms. The molecule has 21 heavy (non-hydrogen) atoms. The number of rotatable bonds is 3. The highest BCUT2D eigenvalue weighted by Crippen LogP contribution is 2.19. The molecule has 2 N–H and O–H groups in total. The predicted octanol–water partition coefficient (Wildman–Crippen LogP) is 3.06. The second kappa shape index (κ2) is 6.93. The van der Waals surface area contributed by atoms with Crippen LogP contribution in [0, 0.1) is 17.7 Å². The number of hydrogen-bond donors (Lipinski definition) is 2. The Bertz CT molecular complexity index is 715. The number of aliphatic hydroxyl groups excluding tert-OH is 1. The maximum absolute atomic E-state index is 13.6. The van der Waals surface area contributed by atoms with Crippen LogP contribution in [0.5, 0.6) is 0 Å². The molecule has 108 valence electrons. The van der Waals surface area contributed by atoms with Crippen molar-refractivity contribution in [2.45, 2.75) is 6.42 Å². The number of amides is 1. The average Bonchev–Trinajstić information content (AvgIpc) is 2.89. The standard InChI is InChI=1S/C15H11ClFNO3/c16-14-12(6-8-21-14)15(20)18-11-4-5-13(17)10(9-11)3-1-2-7-19/h4-6,8-9,19H,2,7H2,(H,18,20). The fraction of sp³-hybridized carbons (Fsp3) is 0.133. The van der Waals surface area contributed by atoms with Gasteiger partial charge < -0.3 is 14.8 Å². The van der Waals surface area contributed by atoms with Crippen LogP contribution in [0.15, 0.2) is 34.9 Å². The molecule has 0 aliphatic rings. The summed E-state index contributed by atoms with van der Waals surface area (Å²) < 4.78 is 18.4. The Morgan fingerprint density at radius 1 is 1.43 bits per heavy atom. The van der Waals surface area contributed by atoms with Gasteiger partial charge >= 0.3 is 0 Å². The summed E-state index contributed by atoms with van der Waals surface area (Å²) in [4.78, 5) is 11.9. The van der Waals surface area contributed by atoms with Crippen molar-refractivity contribution in [3.63, 3.8) is 0 Å². The quantitative estimate of drug-likeness (QED) is 0.857. The maximum atomic E-state index is 13.6. The van der Waals surface area contributed by atoms with E-state index in [1.54, 1.807) is 0 Å². The minimum atomic E-state index is -0.500. The number of carbonyl (C=O) groups excluding carboxylic acids is 1. The first kappa shape index (κ1) is 15.1. The van der Waals surface area contributed by atoms with Crippen LogP contribution in [0.2, 0.25) is 5.22 Å². The Hall–Kier alpha value is -2.29. The van der Waals surface area contributed by atoms with Crippen LogP contribution in [-0.4, -0.2) is 17.6 Å². The first-order valence-corrected chi connectivity index (χ1v) is 6.43. The SMILES string of the molecule is O=C(Nc1ccc(F)c(C#CCCO)c1)c1ccoc1Cl. The van der Waals surface area contributed by atoms with E-state index in [2.05, 4.69) is 17.2 Å². The number of hydrogen-bond acceptors (Lipinski definition) is 3. The van der Waals surface area contributed by atoms with Crippen LogP contribution in [0.4, 0.5) is 10.1 Å². The van der Waals surface area contributed by atoms with Crippen molar-refractivity contribution in [3.8, 4) is 11.8 Å². The molecule has 0 fully saturated rings. The fourth-order valence-corrected chi connectivity index (χ4v) is 1.77. The summed E-state index contributed by atoms with van der Waals surface area (Å²) in [5.74, 6) is 4.25. The van der Waals surface area contributed by atoms with Gasteiger partial charge in [-0.05, 0) is 35.9 Å². The van der Waals surface area contributed by atoms with Gasteiger partial charge in [0.1, 0.15) is 5.82 Å². The van der Waals surface area contributed by atoms with E-state index in [-0.39, 0.29) is 29.4 Å². The number of nitrogens with one attached hydrogen (secondary N) is 1. The summed E-state index contributed by atoms with van der Waals surface area (Å²) in [5.41, 5.74) is 0.709. The summed E-state index contributed by atoms with van der Waals surface area (Å²) in [7, 11) is 0. The molecule has 0 unspecified atom stereocenters. The molecule has 1 aromatic carbocycles. The molecule has 0 aliphatic heterocycles. The third-order valence-electron chi connectivity index (χ3n) is 2.55. The van der Waals surface area contributed by atoms with E-state index in [4.69, 9.17) is 21.1 Å². The Labute approximate surface area is 125 Å². The summed E-state index contributed by atoms with van der Waals surface area (Å²) in [5, 5.41) is 11.2. The van der Waals surface area contributed by atoms with Gasteiger partial charge in [0.25, 0.3) is 5.91 Å². The minimum Gasteiger partial charge on any atom is -0.452 e. The Morgan fingerprint density at radius 2 is 2.24 bits per heavy atom. The highest BCUT2D eigenvalue weighted by Gasteiger charge is 2.13. The fourth-order valence-electron chi connectivity index (χ4n) is 1.57. The topological polar surface area (TPSA) is 62.5 Å². The highest BCUT2D eigenvalue weighted by molar-refractivity contribution is 6.32. The lowest BCUT2D eigenvalue weighted by molar-refractivity contribution is 0.102. The zero-order valence-electron chi connectivity index (χ0n) is 10.8. The molecule has 2 aromatic rings. The van der Waals surface area contributed by atoms with Crippen molar-refractivity contribution in [2.75, 3.05) is 11.9 Å². The van der Waals surface area contributed by atoms with Crippen LogP contribution in [0.25, 0.3) is 0 Å². The van der Waals surface area contributed by atoms with Crippen molar-refractivity contribution in [3.05, 3.63) is 52.7 Å². The lowest BCUT2D eigenvalue weighted by Gasteiger charge is -2.05. The molecular formula is C15H11ClFNO3. The second-order valence-electron chi connectivity index (χ2n) is 4.03. The Kier molecular flexibility index (Phi) is 4.99. The number of carbonyl (C=O) groups is 1. The highest BCUT2D eigenvalue weighted by atomic mass is 35.5. The molecule has 0 spiro atoms. The van der Waals surface area contributed by atoms with E-state index < -0.39 is 11.7 Å². The van der Waals surface area contributed by atoms with Crippen molar-refractivity contribution in [1.82, 2.24) is 0 Å². The molecule has 1 heterocycles. The molecule has 0 radical (unpaired) electrons. The van der Waals surface area contributed by atoms with E-state index in [1.807, 2.05) is 0 Å². The van der Waals surface area contributed by atoms with Gasteiger partial charge in [-0.15, -0.1) is 0 Å². The van der Waals surface area contributed by atoms with Gasteiger partial charge in [0.2, 0.25) is 5.22 Å². The van der Waals surface area contributed by atoms with Crippen LogP contribution < -0.4 is 5.32 Å². The van der Waals surface area contributed by atoms with E-state index in [0.29, 0.717) is 5.69 Å². The third-order valence-corrected chi connectivity index (χ3v) is 2.84. The van der Waals surface area contributed by atoms with Gasteiger partial charge in [-0.25, -0.2) is 4.39 Å². The molecule has 0 atom stereocenters. The molecular weight excluding hydrogens is 297 g/mol. The van der Waals surface area contributed by atoms with Gasteiger partial charge in [0, 0.05) is 12.1 Å². The van der Waals surface area contributed by atoms with Gasteiger partial charge in [-0.1, -0.05) is 11.8 Å². The number of aliphatic hydroxyl groups is 1. The van der Waals surface area contributed by atoms with Gasteiger partial charge in [-0.2, -0.15) is 0 Å². The first-order valence-electron chi connectivity index (χ1n) is 6.05. The van der Waals surface area contributed by atoms with Crippen LogP contribution in [-0.2, 0) is 0 Å². The molecule has 1 amide bonds. The molecule has 0 aliphatic carbocycles. The summed E-state index contributed by atoms with van der Waals surface area (Å²) in [6.07, 6.45) is 1.55. The monoisotopic (exact) mass is 307 g/mol. The van der Waals surface area contributed by atoms with Crippen molar-refractivity contribution in [1.29, 1.82) is 0 Å². The summed E-state index contributed by atoms with van der Waals surface area (Å²) in [6.45, 7) is -0.0932. The number of anilines is 1. The number of halogens is 2. The number of furan rings is 1. The van der Waals surface area contributed by atoms with E-state index in [0.717, 1.165) is 0 Å². The first-order chi connectivity index (χ1) is 10.1. The Morgan fingerprint density at radius 3 is 2.90 bits per heavy atom. The summed E-state index contributed by atoms with van der Waals surface area (Å²) >= 11 is 5.71. The molecule has 1 aromatic heterocycles. The van der Waals surface area contributed by atoms with Gasteiger partial charge in [-0.3, -0.25) is 4.79 Å². The summed E-state index contributed by atoms with van der Waals surface area (Å²) in [6, 6.07) is 5.46. The zero-order valence-corrected chi connectivity index (χ0v) is 11.6. The Balaban J connectivity index is 2.18. The molecule has 4 nitrogen and oxygen atoms in total. The average molecular weight is 308 g/mol. The van der Waals surface area contributed by atoms with E-state index in [1.165, 1.54) is 30.5 Å². The van der Waals surface area contributed by atoms with Crippen molar-refractivity contribution < 1.29 is 18.7 Å². The zero-order chi connectivity index (χ0) is 15.2. The van der Waals surface area contributed by atoms with E-state index in [9.17, 15) is 9.18 Å². The largest absolute Gasteiger partial charge is 0.452 e. The van der Waals surface area contributed by atoms with Crippen LogP contribution in [0.3, 0.4) is 0 Å². The maximum Gasteiger partial charge on any atom is 0.260 e. The lowest BCUT2D eigenvalue weighted by atomic mass is 10.1. The lowest BCUT2D eigenvalue weighted by Crippen LogP contribution is -2.11. The molecule has 0 saturated carbocycles. The van der Waals surface area contributed by atoms with E-state index >= 15 is 0 Å². The predicted molar refractivity (Wildman–Crippen MR) is 76.7 cm³/mol. The van der Waals surface area contributed by atoms with Crippen molar-refractivity contribution >= 4 is 23.2 Å². The second-order valence-corrected chi connectivity index (χ2v) is 4.38. The third kappa shape index (κ3) is 3.85. The van der Waals surface area contributed by atoms with Crippen LogP contribution >= 0.6 is 11.6 Å². The normalized spacial score (nSPS) is 9.86. The van der Waals surface area contributed by atoms with Crippen molar-refractivity contribution in [2.24, 2.45) is 0 Å². The molecule has 2 rings (SSSR count). The van der Waals surface area contributed by atoms with Gasteiger partial charge in [0.05, 0.1) is 24.0 Å². The molecule has 0 saturated heterocycles.